The lowest BCUT2D eigenvalue weighted by molar-refractivity contribution is -0.139. The van der Waals surface area contributed by atoms with E-state index in [0.717, 1.165) is 30.4 Å². The molecule has 154 valence electrons. The zero-order valence-corrected chi connectivity index (χ0v) is 16.2. The van der Waals surface area contributed by atoms with E-state index in [1.807, 2.05) is 31.3 Å². The maximum atomic E-state index is 13.3. The van der Waals surface area contributed by atoms with Gasteiger partial charge in [-0.1, -0.05) is 11.8 Å². The Bertz CT molecular complexity index is 864. The predicted octanol–water partition coefficient (Wildman–Crippen LogP) is 3.86. The molecule has 0 amide bonds. The summed E-state index contributed by atoms with van der Waals surface area (Å²) in [5.41, 5.74) is 1.42. The first-order valence-corrected chi connectivity index (χ1v) is 9.40. The van der Waals surface area contributed by atoms with Crippen molar-refractivity contribution in [1.82, 2.24) is 4.90 Å². The summed E-state index contributed by atoms with van der Waals surface area (Å²) < 4.78 is 50.8. The van der Waals surface area contributed by atoms with Crippen molar-refractivity contribution < 1.29 is 22.6 Å². The summed E-state index contributed by atoms with van der Waals surface area (Å²) in [6, 6.07) is 11.2. The van der Waals surface area contributed by atoms with Crippen molar-refractivity contribution >= 4 is 5.69 Å². The van der Waals surface area contributed by atoms with Gasteiger partial charge in [-0.25, -0.2) is 0 Å². The Hall–Kier alpha value is -2.69. The van der Waals surface area contributed by atoms with Crippen LogP contribution in [0.25, 0.3) is 0 Å². The van der Waals surface area contributed by atoms with Crippen molar-refractivity contribution in [2.45, 2.75) is 6.18 Å². The number of nitrogens with zero attached hydrogens (tertiary/aromatic N) is 1. The topological polar surface area (TPSA) is 33.7 Å². The smallest absolute Gasteiger partial charge is 0.419 e. The molecule has 0 aromatic heterocycles. The Morgan fingerprint density at radius 1 is 1.03 bits per heavy atom. The zero-order valence-electron chi connectivity index (χ0n) is 16.2. The number of ether oxygens (including phenoxy) is 2. The highest BCUT2D eigenvalue weighted by atomic mass is 19.4. The van der Waals surface area contributed by atoms with E-state index in [0.29, 0.717) is 25.3 Å². The van der Waals surface area contributed by atoms with Crippen LogP contribution in [-0.2, 0) is 10.9 Å². The number of rotatable bonds is 5. The van der Waals surface area contributed by atoms with Crippen LogP contribution in [0, 0.1) is 11.8 Å². The van der Waals surface area contributed by atoms with Gasteiger partial charge in [0.25, 0.3) is 0 Å². The van der Waals surface area contributed by atoms with Gasteiger partial charge in [0, 0.05) is 43.5 Å². The number of halogens is 3. The summed E-state index contributed by atoms with van der Waals surface area (Å²) in [5, 5.41) is 3.02. The fourth-order valence-electron chi connectivity index (χ4n) is 2.93. The quantitative estimate of drug-likeness (QED) is 0.768. The third-order valence-electron chi connectivity index (χ3n) is 4.58. The summed E-state index contributed by atoms with van der Waals surface area (Å²) in [5.74, 6) is 5.69. The molecule has 1 saturated heterocycles. The SMILES string of the molecule is CNc1ccc(C#Cc2ccc(C(F)(F)F)c(OCCN3CCOCC3)c2)cc1. The summed E-state index contributed by atoms with van der Waals surface area (Å²) in [7, 11) is 1.82. The molecule has 1 aliphatic heterocycles. The zero-order chi connectivity index (χ0) is 20.7. The Balaban J connectivity index is 1.73. The average molecular weight is 404 g/mol. The van der Waals surface area contributed by atoms with Crippen LogP contribution in [0.1, 0.15) is 16.7 Å². The molecule has 1 aliphatic rings. The summed E-state index contributed by atoms with van der Waals surface area (Å²) in [6.45, 7) is 3.50. The van der Waals surface area contributed by atoms with E-state index >= 15 is 0 Å². The maximum absolute atomic E-state index is 13.3. The molecule has 2 aromatic rings. The van der Waals surface area contributed by atoms with Crippen LogP contribution in [0.3, 0.4) is 0 Å². The molecular weight excluding hydrogens is 381 g/mol. The first kappa shape index (κ1) is 21.0. The van der Waals surface area contributed by atoms with Gasteiger partial charge in [0.1, 0.15) is 12.4 Å². The molecule has 0 spiro atoms. The van der Waals surface area contributed by atoms with Crippen molar-refractivity contribution in [3.8, 4) is 17.6 Å². The van der Waals surface area contributed by atoms with Gasteiger partial charge in [0.05, 0.1) is 18.8 Å². The van der Waals surface area contributed by atoms with E-state index < -0.39 is 11.7 Å². The van der Waals surface area contributed by atoms with Gasteiger partial charge in [-0.3, -0.25) is 4.90 Å². The van der Waals surface area contributed by atoms with Crippen LogP contribution in [0.2, 0.25) is 0 Å². The molecule has 1 fully saturated rings. The second-order valence-corrected chi connectivity index (χ2v) is 6.59. The van der Waals surface area contributed by atoms with Crippen LogP contribution in [0.15, 0.2) is 42.5 Å². The van der Waals surface area contributed by atoms with Crippen molar-refractivity contribution in [2.24, 2.45) is 0 Å². The van der Waals surface area contributed by atoms with Gasteiger partial charge >= 0.3 is 6.18 Å². The highest BCUT2D eigenvalue weighted by Crippen LogP contribution is 2.36. The fraction of sp³-hybridized carbons (Fsp3) is 0.364. The molecule has 0 atom stereocenters. The van der Waals surface area contributed by atoms with E-state index in [9.17, 15) is 13.2 Å². The lowest BCUT2D eigenvalue weighted by atomic mass is 10.1. The minimum absolute atomic E-state index is 0.172. The molecule has 1 heterocycles. The van der Waals surface area contributed by atoms with E-state index in [4.69, 9.17) is 9.47 Å². The van der Waals surface area contributed by atoms with Crippen LogP contribution >= 0.6 is 0 Å². The van der Waals surface area contributed by atoms with Crippen molar-refractivity contribution in [3.63, 3.8) is 0 Å². The first-order chi connectivity index (χ1) is 14.0. The minimum Gasteiger partial charge on any atom is -0.492 e. The number of hydrogen-bond acceptors (Lipinski definition) is 4. The Labute approximate surface area is 168 Å². The lowest BCUT2D eigenvalue weighted by Gasteiger charge is -2.26. The first-order valence-electron chi connectivity index (χ1n) is 9.40. The largest absolute Gasteiger partial charge is 0.492 e. The van der Waals surface area contributed by atoms with Gasteiger partial charge in [0.15, 0.2) is 0 Å². The Morgan fingerprint density at radius 3 is 2.34 bits per heavy atom. The number of nitrogens with one attached hydrogen (secondary N) is 1. The normalized spacial score (nSPS) is 14.8. The summed E-state index contributed by atoms with van der Waals surface area (Å²) >= 11 is 0. The third-order valence-corrected chi connectivity index (χ3v) is 4.58. The third kappa shape index (κ3) is 6.14. The van der Waals surface area contributed by atoms with E-state index in [1.165, 1.54) is 12.1 Å². The van der Waals surface area contributed by atoms with Gasteiger partial charge in [-0.15, -0.1) is 0 Å². The van der Waals surface area contributed by atoms with Crippen LogP contribution in [-0.4, -0.2) is 51.4 Å². The molecule has 0 unspecified atom stereocenters. The molecule has 4 nitrogen and oxygen atoms in total. The van der Waals surface area contributed by atoms with E-state index in [-0.39, 0.29) is 12.4 Å². The van der Waals surface area contributed by atoms with Gasteiger partial charge < -0.3 is 14.8 Å². The lowest BCUT2D eigenvalue weighted by Crippen LogP contribution is -2.38. The molecule has 1 N–H and O–H groups in total. The number of benzene rings is 2. The summed E-state index contributed by atoms with van der Waals surface area (Å²) in [6.07, 6.45) is -4.48. The Morgan fingerprint density at radius 2 is 1.69 bits per heavy atom. The summed E-state index contributed by atoms with van der Waals surface area (Å²) in [4.78, 5) is 2.11. The van der Waals surface area contributed by atoms with Crippen molar-refractivity contribution in [1.29, 1.82) is 0 Å². The molecule has 2 aromatic carbocycles. The van der Waals surface area contributed by atoms with E-state index in [2.05, 4.69) is 22.1 Å². The molecule has 0 saturated carbocycles. The van der Waals surface area contributed by atoms with E-state index in [1.54, 1.807) is 0 Å². The Kier molecular flexibility index (Phi) is 7.02. The van der Waals surface area contributed by atoms with Crippen LogP contribution in [0.4, 0.5) is 18.9 Å². The number of anilines is 1. The molecular formula is C22H23F3N2O2. The van der Waals surface area contributed by atoms with Crippen LogP contribution in [0.5, 0.6) is 5.75 Å². The highest BCUT2D eigenvalue weighted by Gasteiger charge is 2.34. The molecule has 29 heavy (non-hydrogen) atoms. The van der Waals surface area contributed by atoms with Crippen molar-refractivity contribution in [2.75, 3.05) is 51.8 Å². The standard InChI is InChI=1S/C22H23F3N2O2/c1-26-19-7-4-17(5-8-19)2-3-18-6-9-20(22(23,24)25)21(16-18)29-15-12-27-10-13-28-14-11-27/h4-9,16,26H,10-15H2,1H3. The number of morpholine rings is 1. The van der Waals surface area contributed by atoms with Crippen LogP contribution < -0.4 is 10.1 Å². The molecule has 0 bridgehead atoms. The molecule has 0 radical (unpaired) electrons. The molecule has 7 heteroatoms. The highest BCUT2D eigenvalue weighted by molar-refractivity contribution is 5.51. The molecule has 0 aliphatic carbocycles. The van der Waals surface area contributed by atoms with Gasteiger partial charge in [0.2, 0.25) is 0 Å². The van der Waals surface area contributed by atoms with Crippen molar-refractivity contribution in [3.05, 3.63) is 59.2 Å². The number of hydrogen-bond donors (Lipinski definition) is 1. The monoisotopic (exact) mass is 404 g/mol. The predicted molar refractivity (Wildman–Crippen MR) is 106 cm³/mol. The van der Waals surface area contributed by atoms with Gasteiger partial charge in [-0.05, 0) is 42.5 Å². The number of alkyl halides is 3. The second kappa shape index (κ2) is 9.68. The average Bonchev–Trinajstić information content (AvgIpc) is 2.73. The second-order valence-electron chi connectivity index (χ2n) is 6.59. The minimum atomic E-state index is -4.48. The molecule has 3 rings (SSSR count). The van der Waals surface area contributed by atoms with Gasteiger partial charge in [-0.2, -0.15) is 13.2 Å². The maximum Gasteiger partial charge on any atom is 0.419 e. The fourth-order valence-corrected chi connectivity index (χ4v) is 2.93.